The van der Waals surface area contributed by atoms with Gasteiger partial charge in [-0.05, 0) is 38.4 Å². The van der Waals surface area contributed by atoms with Crippen LogP contribution in [0, 0.1) is 6.92 Å². The molecule has 0 aliphatic rings. The lowest BCUT2D eigenvalue weighted by atomic mass is 10.2. The monoisotopic (exact) mass is 179 g/mol. The van der Waals surface area contributed by atoms with E-state index in [0.717, 1.165) is 12.2 Å². The number of pyridine rings is 1. The topological polar surface area (TPSA) is 50.9 Å². The first-order valence-corrected chi connectivity index (χ1v) is 4.62. The van der Waals surface area contributed by atoms with Crippen LogP contribution in [0.1, 0.15) is 18.9 Å². The van der Waals surface area contributed by atoms with Gasteiger partial charge in [0.2, 0.25) is 0 Å². The molecule has 1 heterocycles. The van der Waals surface area contributed by atoms with Gasteiger partial charge in [-0.3, -0.25) is 0 Å². The zero-order chi connectivity index (χ0) is 9.68. The number of hydrogen-bond donors (Lipinski definition) is 2. The number of nitrogens with one attached hydrogen (secondary N) is 1. The predicted molar refractivity (Wildman–Crippen MR) is 55.7 cm³/mol. The third-order valence-electron chi connectivity index (χ3n) is 1.99. The Balaban J connectivity index is 2.58. The van der Waals surface area contributed by atoms with E-state index in [1.807, 2.05) is 19.1 Å². The maximum absolute atomic E-state index is 5.46. The Bertz CT molecular complexity index is 260. The molecule has 0 bridgehead atoms. The van der Waals surface area contributed by atoms with Crippen molar-refractivity contribution >= 4 is 5.82 Å². The molecule has 72 valence electrons. The third-order valence-corrected chi connectivity index (χ3v) is 1.99. The lowest BCUT2D eigenvalue weighted by molar-refractivity contribution is 0.712. The van der Waals surface area contributed by atoms with Crippen LogP contribution in [-0.2, 0) is 0 Å². The Morgan fingerprint density at radius 2 is 2.38 bits per heavy atom. The second kappa shape index (κ2) is 4.82. The Labute approximate surface area is 79.4 Å². The number of nitrogens with zero attached hydrogens (tertiary/aromatic N) is 1. The highest BCUT2D eigenvalue weighted by Crippen LogP contribution is 2.11. The number of nitrogens with two attached hydrogens (primary N) is 1. The summed E-state index contributed by atoms with van der Waals surface area (Å²) in [6.07, 6.45) is 2.76. The lowest BCUT2D eigenvalue weighted by Crippen LogP contribution is -2.20. The van der Waals surface area contributed by atoms with Crippen molar-refractivity contribution in [3.05, 3.63) is 23.9 Å². The summed E-state index contributed by atoms with van der Waals surface area (Å²) in [6, 6.07) is 4.37. The van der Waals surface area contributed by atoms with Gasteiger partial charge in [0.15, 0.2) is 0 Å². The van der Waals surface area contributed by atoms with Crippen LogP contribution in [0.25, 0.3) is 0 Å². The number of hydrogen-bond acceptors (Lipinski definition) is 3. The molecule has 0 saturated heterocycles. The third kappa shape index (κ3) is 3.03. The molecule has 3 nitrogen and oxygen atoms in total. The highest BCUT2D eigenvalue weighted by Gasteiger charge is 2.02. The van der Waals surface area contributed by atoms with Crippen LogP contribution in [0.2, 0.25) is 0 Å². The first-order valence-electron chi connectivity index (χ1n) is 4.62. The molecule has 0 aromatic carbocycles. The highest BCUT2D eigenvalue weighted by molar-refractivity contribution is 5.43. The molecule has 3 heteroatoms. The average Bonchev–Trinajstić information content (AvgIpc) is 2.09. The smallest absolute Gasteiger partial charge is 0.129 e. The Hall–Kier alpha value is -1.09. The molecule has 3 N–H and O–H groups in total. The molecule has 0 aliphatic heterocycles. The summed E-state index contributed by atoms with van der Waals surface area (Å²) in [5.74, 6) is 0.962. The van der Waals surface area contributed by atoms with Crippen LogP contribution in [0.3, 0.4) is 0 Å². The summed E-state index contributed by atoms with van der Waals surface area (Å²) in [4.78, 5) is 4.25. The molecular weight excluding hydrogens is 162 g/mol. The maximum Gasteiger partial charge on any atom is 0.129 e. The molecule has 0 spiro atoms. The molecular formula is C10H17N3. The van der Waals surface area contributed by atoms with Gasteiger partial charge >= 0.3 is 0 Å². The molecule has 1 aromatic heterocycles. The van der Waals surface area contributed by atoms with Crippen molar-refractivity contribution in [3.8, 4) is 0 Å². The van der Waals surface area contributed by atoms with E-state index in [-0.39, 0.29) is 0 Å². The maximum atomic E-state index is 5.46. The van der Waals surface area contributed by atoms with Gasteiger partial charge in [0.1, 0.15) is 5.82 Å². The van der Waals surface area contributed by atoms with Crippen LogP contribution in [-0.4, -0.2) is 17.6 Å². The minimum atomic E-state index is 0.388. The van der Waals surface area contributed by atoms with Gasteiger partial charge in [-0.2, -0.15) is 0 Å². The second-order valence-corrected chi connectivity index (χ2v) is 3.29. The fraction of sp³-hybridized carbons (Fsp3) is 0.500. The predicted octanol–water partition coefficient (Wildman–Crippen LogP) is 1.54. The summed E-state index contributed by atoms with van der Waals surface area (Å²) < 4.78 is 0. The zero-order valence-electron chi connectivity index (χ0n) is 8.25. The van der Waals surface area contributed by atoms with E-state index in [0.29, 0.717) is 12.6 Å². The van der Waals surface area contributed by atoms with E-state index in [9.17, 15) is 0 Å². The zero-order valence-corrected chi connectivity index (χ0v) is 8.25. The Morgan fingerprint density at radius 1 is 1.62 bits per heavy atom. The van der Waals surface area contributed by atoms with Gasteiger partial charge in [-0.15, -0.1) is 0 Å². The molecule has 0 aliphatic carbocycles. The van der Waals surface area contributed by atoms with Gasteiger partial charge < -0.3 is 11.1 Å². The van der Waals surface area contributed by atoms with Crippen molar-refractivity contribution in [1.29, 1.82) is 0 Å². The quantitative estimate of drug-likeness (QED) is 0.737. The SMILES string of the molecule is Cc1cccnc1NC(C)CCN. The molecule has 1 rings (SSSR count). The van der Waals surface area contributed by atoms with Crippen molar-refractivity contribution in [3.63, 3.8) is 0 Å². The van der Waals surface area contributed by atoms with E-state index in [1.54, 1.807) is 6.20 Å². The first-order chi connectivity index (χ1) is 6.24. The molecule has 1 aromatic rings. The van der Waals surface area contributed by atoms with Crippen molar-refractivity contribution in [2.75, 3.05) is 11.9 Å². The molecule has 1 unspecified atom stereocenters. The Kier molecular flexibility index (Phi) is 3.71. The lowest BCUT2D eigenvalue weighted by Gasteiger charge is -2.14. The van der Waals surface area contributed by atoms with Crippen molar-refractivity contribution in [2.24, 2.45) is 5.73 Å². The summed E-state index contributed by atoms with van der Waals surface area (Å²) in [5.41, 5.74) is 6.63. The summed E-state index contributed by atoms with van der Waals surface area (Å²) in [7, 11) is 0. The van der Waals surface area contributed by atoms with Crippen LogP contribution < -0.4 is 11.1 Å². The van der Waals surface area contributed by atoms with Crippen LogP contribution in [0.5, 0.6) is 0 Å². The summed E-state index contributed by atoms with van der Waals surface area (Å²) >= 11 is 0. The normalized spacial score (nSPS) is 12.5. The molecule has 0 fully saturated rings. The molecule has 0 saturated carbocycles. The fourth-order valence-electron chi connectivity index (χ4n) is 1.19. The van der Waals surface area contributed by atoms with Gasteiger partial charge in [0.05, 0.1) is 0 Å². The number of aromatic nitrogens is 1. The van der Waals surface area contributed by atoms with E-state index in [1.165, 1.54) is 5.56 Å². The number of aryl methyl sites for hydroxylation is 1. The highest BCUT2D eigenvalue weighted by atomic mass is 15.0. The number of anilines is 1. The Morgan fingerprint density at radius 3 is 3.00 bits per heavy atom. The van der Waals surface area contributed by atoms with Crippen molar-refractivity contribution < 1.29 is 0 Å². The van der Waals surface area contributed by atoms with Gasteiger partial charge in [-0.25, -0.2) is 4.98 Å². The van der Waals surface area contributed by atoms with Crippen LogP contribution in [0.15, 0.2) is 18.3 Å². The molecule has 1 atom stereocenters. The van der Waals surface area contributed by atoms with Gasteiger partial charge in [0, 0.05) is 12.2 Å². The molecule has 0 radical (unpaired) electrons. The minimum Gasteiger partial charge on any atom is -0.367 e. The van der Waals surface area contributed by atoms with E-state index < -0.39 is 0 Å². The van der Waals surface area contributed by atoms with Crippen LogP contribution in [0.4, 0.5) is 5.82 Å². The largest absolute Gasteiger partial charge is 0.367 e. The van der Waals surface area contributed by atoms with Gasteiger partial charge in [0.25, 0.3) is 0 Å². The summed E-state index contributed by atoms with van der Waals surface area (Å²) in [6.45, 7) is 4.87. The number of rotatable bonds is 4. The molecule has 0 amide bonds. The minimum absolute atomic E-state index is 0.388. The average molecular weight is 179 g/mol. The van der Waals surface area contributed by atoms with Crippen LogP contribution >= 0.6 is 0 Å². The van der Waals surface area contributed by atoms with E-state index >= 15 is 0 Å². The van der Waals surface area contributed by atoms with E-state index in [4.69, 9.17) is 5.73 Å². The van der Waals surface area contributed by atoms with Crippen molar-refractivity contribution in [1.82, 2.24) is 4.98 Å². The standard InChI is InChI=1S/C10H17N3/c1-8-4-3-7-12-10(8)13-9(2)5-6-11/h3-4,7,9H,5-6,11H2,1-2H3,(H,12,13). The molecule has 13 heavy (non-hydrogen) atoms. The van der Waals surface area contributed by atoms with E-state index in [2.05, 4.69) is 17.2 Å². The van der Waals surface area contributed by atoms with Crippen molar-refractivity contribution in [2.45, 2.75) is 26.3 Å². The summed E-state index contributed by atoms with van der Waals surface area (Å²) in [5, 5.41) is 3.32. The van der Waals surface area contributed by atoms with Gasteiger partial charge in [-0.1, -0.05) is 6.07 Å². The first kappa shape index (κ1) is 9.99. The second-order valence-electron chi connectivity index (χ2n) is 3.29. The fourth-order valence-corrected chi connectivity index (χ4v) is 1.19.